The third-order valence-electron chi connectivity index (χ3n) is 4.04. The predicted octanol–water partition coefficient (Wildman–Crippen LogP) is 2.21. The van der Waals surface area contributed by atoms with Crippen LogP contribution in [0.1, 0.15) is 19.3 Å². The minimum Gasteiger partial charge on any atom is -0.486 e. The van der Waals surface area contributed by atoms with Crippen molar-refractivity contribution in [3.8, 4) is 5.75 Å². The first-order valence-corrected chi connectivity index (χ1v) is 7.68. The van der Waals surface area contributed by atoms with Crippen LogP contribution in [0.4, 0.5) is 5.69 Å². The molecule has 2 saturated heterocycles. The largest absolute Gasteiger partial charge is 0.486 e. The fraction of sp³-hybridized carbons (Fsp3) is 0.562. The topological polar surface area (TPSA) is 59.6 Å². The average Bonchev–Trinajstić information content (AvgIpc) is 3.03. The number of hydrogen-bond acceptors (Lipinski definition) is 4. The van der Waals surface area contributed by atoms with E-state index in [-0.39, 0.29) is 30.3 Å². The number of amides is 1. The molecule has 122 valence electrons. The van der Waals surface area contributed by atoms with Gasteiger partial charge in [-0.3, -0.25) is 4.79 Å². The summed E-state index contributed by atoms with van der Waals surface area (Å²) in [6.45, 7) is 3.19. The molecule has 22 heavy (non-hydrogen) atoms. The molecule has 1 aromatic rings. The Morgan fingerprint density at radius 1 is 1.23 bits per heavy atom. The molecule has 0 aromatic heterocycles. The first-order valence-electron chi connectivity index (χ1n) is 7.68. The van der Waals surface area contributed by atoms with Gasteiger partial charge in [0.05, 0.1) is 18.9 Å². The van der Waals surface area contributed by atoms with Crippen molar-refractivity contribution in [2.75, 3.05) is 31.6 Å². The van der Waals surface area contributed by atoms with Gasteiger partial charge in [0.15, 0.2) is 0 Å². The van der Waals surface area contributed by atoms with Crippen LogP contribution in [-0.4, -0.2) is 38.3 Å². The van der Waals surface area contributed by atoms with Crippen LogP contribution in [0.15, 0.2) is 24.3 Å². The molecular weight excluding hydrogens is 304 g/mol. The third-order valence-corrected chi connectivity index (χ3v) is 4.04. The second-order valence-electron chi connectivity index (χ2n) is 5.61. The van der Waals surface area contributed by atoms with E-state index in [2.05, 4.69) is 10.6 Å². The first kappa shape index (κ1) is 17.1. The second-order valence-corrected chi connectivity index (χ2v) is 5.61. The molecule has 0 saturated carbocycles. The van der Waals surface area contributed by atoms with Crippen LogP contribution in [-0.2, 0) is 9.53 Å². The van der Waals surface area contributed by atoms with Gasteiger partial charge in [-0.05, 0) is 38.1 Å². The van der Waals surface area contributed by atoms with Crippen molar-refractivity contribution in [2.24, 2.45) is 5.92 Å². The number of rotatable bonds is 4. The van der Waals surface area contributed by atoms with Crippen LogP contribution in [0.25, 0.3) is 0 Å². The summed E-state index contributed by atoms with van der Waals surface area (Å²) in [6.07, 6.45) is 2.77. The molecule has 0 aliphatic carbocycles. The average molecular weight is 327 g/mol. The standard InChI is InChI=1S/C16H22N2O3.ClH/c19-16(12-5-8-17-9-6-12)18-14-3-1-2-4-15(14)21-13-7-10-20-11-13;/h1-4,12-13,17H,5-11H2,(H,18,19);1H. The SMILES string of the molecule is Cl.O=C(Nc1ccccc1OC1CCOC1)C1CCNCC1. The predicted molar refractivity (Wildman–Crippen MR) is 87.8 cm³/mol. The molecule has 6 heteroatoms. The van der Waals surface area contributed by atoms with Crippen molar-refractivity contribution in [2.45, 2.75) is 25.4 Å². The van der Waals surface area contributed by atoms with Gasteiger partial charge in [-0.2, -0.15) is 0 Å². The number of nitrogens with one attached hydrogen (secondary N) is 2. The quantitative estimate of drug-likeness (QED) is 0.890. The van der Waals surface area contributed by atoms with E-state index in [9.17, 15) is 4.79 Å². The van der Waals surface area contributed by atoms with Gasteiger partial charge in [0.2, 0.25) is 5.91 Å². The summed E-state index contributed by atoms with van der Waals surface area (Å²) in [5.74, 6) is 0.916. The van der Waals surface area contributed by atoms with Crippen LogP contribution in [0.2, 0.25) is 0 Å². The number of piperidine rings is 1. The van der Waals surface area contributed by atoms with Crippen LogP contribution < -0.4 is 15.4 Å². The highest BCUT2D eigenvalue weighted by Gasteiger charge is 2.23. The van der Waals surface area contributed by atoms with Crippen molar-refractivity contribution in [1.29, 1.82) is 0 Å². The van der Waals surface area contributed by atoms with Crippen molar-refractivity contribution in [3.63, 3.8) is 0 Å². The Hall–Kier alpha value is -1.30. The van der Waals surface area contributed by atoms with Crippen LogP contribution >= 0.6 is 12.4 Å². The minimum atomic E-state index is 0. The van der Waals surface area contributed by atoms with Crippen LogP contribution in [0.5, 0.6) is 5.75 Å². The molecule has 0 bridgehead atoms. The number of anilines is 1. The maximum Gasteiger partial charge on any atom is 0.227 e. The lowest BCUT2D eigenvalue weighted by molar-refractivity contribution is -0.120. The van der Waals surface area contributed by atoms with Crippen molar-refractivity contribution in [3.05, 3.63) is 24.3 Å². The highest BCUT2D eigenvalue weighted by atomic mass is 35.5. The molecule has 1 unspecified atom stereocenters. The van der Waals surface area contributed by atoms with Gasteiger partial charge in [-0.1, -0.05) is 12.1 Å². The van der Waals surface area contributed by atoms with E-state index in [4.69, 9.17) is 9.47 Å². The van der Waals surface area contributed by atoms with E-state index < -0.39 is 0 Å². The van der Waals surface area contributed by atoms with E-state index >= 15 is 0 Å². The molecule has 0 radical (unpaired) electrons. The fourth-order valence-electron chi connectivity index (χ4n) is 2.78. The molecule has 0 spiro atoms. The molecule has 1 atom stereocenters. The van der Waals surface area contributed by atoms with Gasteiger partial charge in [0.25, 0.3) is 0 Å². The zero-order valence-electron chi connectivity index (χ0n) is 12.5. The Balaban J connectivity index is 0.00000176. The van der Waals surface area contributed by atoms with E-state index in [1.54, 1.807) is 0 Å². The van der Waals surface area contributed by atoms with Crippen LogP contribution in [0, 0.1) is 5.92 Å². The molecule has 2 N–H and O–H groups in total. The minimum absolute atomic E-state index is 0. The Bertz CT molecular complexity index is 486. The van der Waals surface area contributed by atoms with Gasteiger partial charge in [-0.25, -0.2) is 0 Å². The van der Waals surface area contributed by atoms with Gasteiger partial charge in [0, 0.05) is 12.3 Å². The molecule has 1 aromatic carbocycles. The van der Waals surface area contributed by atoms with E-state index in [1.807, 2.05) is 24.3 Å². The molecule has 2 aliphatic rings. The normalized spacial score (nSPS) is 21.9. The maximum absolute atomic E-state index is 12.3. The zero-order chi connectivity index (χ0) is 14.5. The Kier molecular flexibility index (Phi) is 6.49. The molecule has 2 heterocycles. The third kappa shape index (κ3) is 4.35. The number of carbonyl (C=O) groups excluding carboxylic acids is 1. The Morgan fingerprint density at radius 3 is 2.73 bits per heavy atom. The summed E-state index contributed by atoms with van der Waals surface area (Å²) in [7, 11) is 0. The number of para-hydroxylation sites is 2. The number of carbonyl (C=O) groups is 1. The number of benzene rings is 1. The molecule has 2 fully saturated rings. The molecule has 1 amide bonds. The lowest BCUT2D eigenvalue weighted by Gasteiger charge is -2.23. The van der Waals surface area contributed by atoms with Gasteiger partial charge < -0.3 is 20.1 Å². The van der Waals surface area contributed by atoms with Crippen molar-refractivity contribution < 1.29 is 14.3 Å². The lowest BCUT2D eigenvalue weighted by atomic mass is 9.97. The lowest BCUT2D eigenvalue weighted by Crippen LogP contribution is -2.34. The first-order chi connectivity index (χ1) is 10.3. The Morgan fingerprint density at radius 2 is 2.00 bits per heavy atom. The highest BCUT2D eigenvalue weighted by molar-refractivity contribution is 5.94. The summed E-state index contributed by atoms with van der Waals surface area (Å²) in [5, 5.41) is 6.30. The fourth-order valence-corrected chi connectivity index (χ4v) is 2.78. The maximum atomic E-state index is 12.3. The van der Waals surface area contributed by atoms with Gasteiger partial charge in [0.1, 0.15) is 11.9 Å². The molecule has 5 nitrogen and oxygen atoms in total. The van der Waals surface area contributed by atoms with Crippen molar-refractivity contribution in [1.82, 2.24) is 5.32 Å². The number of hydrogen-bond donors (Lipinski definition) is 2. The summed E-state index contributed by atoms with van der Waals surface area (Å²) in [4.78, 5) is 12.3. The summed E-state index contributed by atoms with van der Waals surface area (Å²) >= 11 is 0. The van der Waals surface area contributed by atoms with Crippen LogP contribution in [0.3, 0.4) is 0 Å². The molecule has 2 aliphatic heterocycles. The number of ether oxygens (including phenoxy) is 2. The summed E-state index contributed by atoms with van der Waals surface area (Å²) in [5.41, 5.74) is 0.757. The smallest absolute Gasteiger partial charge is 0.227 e. The zero-order valence-corrected chi connectivity index (χ0v) is 13.4. The monoisotopic (exact) mass is 326 g/mol. The number of halogens is 1. The summed E-state index contributed by atoms with van der Waals surface area (Å²) < 4.78 is 11.3. The van der Waals surface area contributed by atoms with E-state index in [0.717, 1.165) is 50.4 Å². The Labute approximate surface area is 137 Å². The van der Waals surface area contributed by atoms with E-state index in [0.29, 0.717) is 6.61 Å². The second kappa shape index (κ2) is 8.36. The van der Waals surface area contributed by atoms with Gasteiger partial charge in [-0.15, -0.1) is 12.4 Å². The van der Waals surface area contributed by atoms with Crippen molar-refractivity contribution >= 4 is 24.0 Å². The highest BCUT2D eigenvalue weighted by Crippen LogP contribution is 2.27. The molecule has 3 rings (SSSR count). The summed E-state index contributed by atoms with van der Waals surface area (Å²) in [6, 6.07) is 7.63. The molecular formula is C16H23ClN2O3. The van der Waals surface area contributed by atoms with Gasteiger partial charge >= 0.3 is 0 Å². The van der Waals surface area contributed by atoms with E-state index in [1.165, 1.54) is 0 Å².